The third-order valence-corrected chi connectivity index (χ3v) is 4.42. The predicted molar refractivity (Wildman–Crippen MR) is 83.1 cm³/mol. The van der Waals surface area contributed by atoms with Crippen molar-refractivity contribution in [1.82, 2.24) is 4.57 Å². The first-order valence-corrected chi connectivity index (χ1v) is 8.00. The fourth-order valence-electron chi connectivity index (χ4n) is 2.25. The molecule has 1 aromatic carbocycles. The van der Waals surface area contributed by atoms with Crippen molar-refractivity contribution in [3.05, 3.63) is 69.1 Å². The first-order valence-electron chi connectivity index (χ1n) is 6.52. The van der Waals surface area contributed by atoms with Gasteiger partial charge in [0.05, 0.1) is 0 Å². The number of hydrogen-bond acceptors (Lipinski definition) is 2. The minimum absolute atomic E-state index is 0.0640. The van der Waals surface area contributed by atoms with Crippen molar-refractivity contribution in [2.45, 2.75) is 25.4 Å². The molecule has 1 unspecified atom stereocenters. The number of rotatable bonds is 4. The Bertz CT molecular complexity index is 684. The van der Waals surface area contributed by atoms with E-state index in [9.17, 15) is 9.00 Å². The van der Waals surface area contributed by atoms with E-state index in [0.717, 1.165) is 11.1 Å². The topological polar surface area (TPSA) is 39.1 Å². The fraction of sp³-hybridized carbons (Fsp3) is 0.312. The van der Waals surface area contributed by atoms with E-state index in [4.69, 9.17) is 0 Å². The maximum absolute atomic E-state index is 12.2. The summed E-state index contributed by atoms with van der Waals surface area (Å²) in [5.74, 6) is 0.945. The molecule has 20 heavy (non-hydrogen) atoms. The number of hydrogen-bond donors (Lipinski definition) is 0. The van der Waals surface area contributed by atoms with E-state index >= 15 is 0 Å². The van der Waals surface area contributed by atoms with Gasteiger partial charge in [-0.2, -0.15) is 0 Å². The Balaban J connectivity index is 2.08. The Morgan fingerprint density at radius 2 is 1.60 bits per heavy atom. The molecule has 0 aliphatic carbocycles. The Kier molecular flexibility index (Phi) is 4.55. The molecule has 0 radical (unpaired) electrons. The van der Waals surface area contributed by atoms with Crippen LogP contribution in [0.15, 0.2) is 41.3 Å². The molecule has 0 amide bonds. The number of aryl methyl sites for hydroxylation is 3. The van der Waals surface area contributed by atoms with Crippen LogP contribution in [-0.2, 0) is 29.4 Å². The molecule has 0 fully saturated rings. The summed E-state index contributed by atoms with van der Waals surface area (Å²) in [7, 11) is 0.705. The second-order valence-electron chi connectivity index (χ2n) is 5.21. The van der Waals surface area contributed by atoms with Crippen molar-refractivity contribution in [2.24, 2.45) is 7.05 Å². The van der Waals surface area contributed by atoms with E-state index in [1.165, 1.54) is 15.7 Å². The summed E-state index contributed by atoms with van der Waals surface area (Å²) in [5.41, 5.74) is 4.22. The van der Waals surface area contributed by atoms with Crippen molar-refractivity contribution >= 4 is 10.8 Å². The van der Waals surface area contributed by atoms with Crippen LogP contribution in [0.1, 0.15) is 22.3 Å². The van der Waals surface area contributed by atoms with Gasteiger partial charge in [0.25, 0.3) is 5.56 Å². The zero-order valence-electron chi connectivity index (χ0n) is 12.1. The molecular weight excluding hydrogens is 270 g/mol. The minimum atomic E-state index is -1.00. The molecule has 0 aliphatic heterocycles. The van der Waals surface area contributed by atoms with E-state index in [1.54, 1.807) is 19.3 Å². The van der Waals surface area contributed by atoms with E-state index in [2.05, 4.69) is 18.2 Å². The van der Waals surface area contributed by atoms with Crippen molar-refractivity contribution in [2.75, 3.05) is 0 Å². The van der Waals surface area contributed by atoms with Crippen LogP contribution < -0.4 is 5.56 Å². The molecular formula is C16H19NO2S. The number of nitrogens with zero attached hydrogens (tertiary/aromatic N) is 1. The molecule has 0 bridgehead atoms. The maximum atomic E-state index is 12.2. The van der Waals surface area contributed by atoms with Crippen LogP contribution in [0.25, 0.3) is 0 Å². The molecule has 1 atom stereocenters. The zero-order chi connectivity index (χ0) is 14.7. The Hall–Kier alpha value is -1.68. The molecule has 0 aliphatic rings. The van der Waals surface area contributed by atoms with Gasteiger partial charge in [0, 0.05) is 41.6 Å². The molecule has 2 aromatic rings. The number of pyridine rings is 1. The highest BCUT2D eigenvalue weighted by Gasteiger charge is 2.05. The highest BCUT2D eigenvalue weighted by atomic mass is 32.2. The van der Waals surface area contributed by atoms with Gasteiger partial charge in [0.15, 0.2) is 0 Å². The lowest BCUT2D eigenvalue weighted by atomic mass is 10.1. The van der Waals surface area contributed by atoms with E-state index in [-0.39, 0.29) is 5.56 Å². The van der Waals surface area contributed by atoms with Gasteiger partial charge in [-0.3, -0.25) is 9.00 Å². The molecule has 106 valence electrons. The van der Waals surface area contributed by atoms with Crippen molar-refractivity contribution in [3.63, 3.8) is 0 Å². The summed E-state index contributed by atoms with van der Waals surface area (Å²) < 4.78 is 13.7. The first kappa shape index (κ1) is 14.7. The number of benzene rings is 1. The van der Waals surface area contributed by atoms with E-state index < -0.39 is 10.8 Å². The quantitative estimate of drug-likeness (QED) is 0.867. The molecule has 3 nitrogen and oxygen atoms in total. The zero-order valence-corrected chi connectivity index (χ0v) is 12.9. The van der Waals surface area contributed by atoms with Crippen molar-refractivity contribution in [3.8, 4) is 0 Å². The molecule has 0 saturated carbocycles. The second kappa shape index (κ2) is 6.18. The van der Waals surface area contributed by atoms with Crippen LogP contribution in [-0.4, -0.2) is 8.78 Å². The normalized spacial score (nSPS) is 12.3. The third-order valence-electron chi connectivity index (χ3n) is 3.11. The molecule has 4 heteroatoms. The predicted octanol–water partition coefficient (Wildman–Crippen LogP) is 2.45. The standard InChI is InChI=1S/C16H19NO2S/c1-12-6-13(2)8-15(7-12)11-20(19)10-14-4-5-17(3)16(18)9-14/h4-9H,10-11H2,1-3H3. The van der Waals surface area contributed by atoms with Crippen LogP contribution in [0.2, 0.25) is 0 Å². The lowest BCUT2D eigenvalue weighted by molar-refractivity contribution is 0.682. The maximum Gasteiger partial charge on any atom is 0.250 e. The highest BCUT2D eigenvalue weighted by Crippen LogP contribution is 2.12. The Morgan fingerprint density at radius 1 is 1.00 bits per heavy atom. The summed E-state index contributed by atoms with van der Waals surface area (Å²) in [5, 5.41) is 0. The van der Waals surface area contributed by atoms with Crippen LogP contribution in [0.3, 0.4) is 0 Å². The van der Waals surface area contributed by atoms with Gasteiger partial charge >= 0.3 is 0 Å². The Morgan fingerprint density at radius 3 is 2.20 bits per heavy atom. The van der Waals surface area contributed by atoms with Crippen LogP contribution >= 0.6 is 0 Å². The molecule has 0 N–H and O–H groups in total. The lowest BCUT2D eigenvalue weighted by Crippen LogP contribution is -2.15. The molecule has 0 saturated heterocycles. The third kappa shape index (κ3) is 3.90. The average Bonchev–Trinajstić information content (AvgIpc) is 2.32. The second-order valence-corrected chi connectivity index (χ2v) is 6.67. The monoisotopic (exact) mass is 289 g/mol. The highest BCUT2D eigenvalue weighted by molar-refractivity contribution is 7.83. The molecule has 1 aromatic heterocycles. The first-order chi connectivity index (χ1) is 9.44. The van der Waals surface area contributed by atoms with E-state index in [0.29, 0.717) is 11.5 Å². The molecule has 1 heterocycles. The number of aromatic nitrogens is 1. The minimum Gasteiger partial charge on any atom is -0.319 e. The van der Waals surface area contributed by atoms with Crippen molar-refractivity contribution in [1.29, 1.82) is 0 Å². The average molecular weight is 289 g/mol. The fourth-order valence-corrected chi connectivity index (χ4v) is 3.45. The van der Waals surface area contributed by atoms with Crippen LogP contribution in [0, 0.1) is 13.8 Å². The summed E-state index contributed by atoms with van der Waals surface area (Å²) in [4.78, 5) is 11.5. The lowest BCUT2D eigenvalue weighted by Gasteiger charge is -2.06. The summed E-state index contributed by atoms with van der Waals surface area (Å²) >= 11 is 0. The molecule has 0 spiro atoms. The SMILES string of the molecule is Cc1cc(C)cc(CS(=O)Cc2ccn(C)c(=O)c2)c1. The van der Waals surface area contributed by atoms with Gasteiger partial charge in [-0.15, -0.1) is 0 Å². The van der Waals surface area contributed by atoms with Gasteiger partial charge in [0.2, 0.25) is 0 Å². The van der Waals surface area contributed by atoms with Gasteiger partial charge in [-0.25, -0.2) is 0 Å². The summed E-state index contributed by atoms with van der Waals surface area (Å²) in [6, 6.07) is 9.64. The molecule has 2 rings (SSSR count). The van der Waals surface area contributed by atoms with Crippen LogP contribution in [0.4, 0.5) is 0 Å². The largest absolute Gasteiger partial charge is 0.319 e. The van der Waals surface area contributed by atoms with Gasteiger partial charge in [-0.1, -0.05) is 29.3 Å². The van der Waals surface area contributed by atoms with Gasteiger partial charge in [-0.05, 0) is 31.0 Å². The van der Waals surface area contributed by atoms with Gasteiger partial charge < -0.3 is 4.57 Å². The van der Waals surface area contributed by atoms with Crippen LogP contribution in [0.5, 0.6) is 0 Å². The summed E-state index contributed by atoms with van der Waals surface area (Å²) in [6.45, 7) is 4.08. The van der Waals surface area contributed by atoms with Gasteiger partial charge in [0.1, 0.15) is 0 Å². The summed E-state index contributed by atoms with van der Waals surface area (Å²) in [6.07, 6.45) is 1.71. The Labute approximate surface area is 121 Å². The van der Waals surface area contributed by atoms with Crippen molar-refractivity contribution < 1.29 is 4.21 Å². The van der Waals surface area contributed by atoms with E-state index in [1.807, 2.05) is 19.9 Å². The smallest absolute Gasteiger partial charge is 0.250 e.